The van der Waals surface area contributed by atoms with Crippen LogP contribution in [0.1, 0.15) is 25.5 Å². The van der Waals surface area contributed by atoms with Gasteiger partial charge in [-0.2, -0.15) is 0 Å². The molecule has 4 heteroatoms. The number of aliphatic hydroxyl groups is 1. The largest absolute Gasteiger partial charge is 0.387 e. The Balaban J connectivity index is 1.96. The minimum absolute atomic E-state index is 0.239. The first-order valence-corrected chi connectivity index (χ1v) is 7.15. The molecule has 100 valence electrons. The molecular formula is C14H20BrNO2. The molecule has 0 radical (unpaired) electrons. The van der Waals surface area contributed by atoms with Crippen LogP contribution in [-0.2, 0) is 4.74 Å². The third kappa shape index (κ3) is 3.79. The van der Waals surface area contributed by atoms with Gasteiger partial charge in [-0.15, -0.1) is 0 Å². The summed E-state index contributed by atoms with van der Waals surface area (Å²) in [6.07, 6.45) is 0.0342. The lowest BCUT2D eigenvalue weighted by Crippen LogP contribution is -2.46. The minimum Gasteiger partial charge on any atom is -0.387 e. The maximum Gasteiger partial charge on any atom is 0.0917 e. The number of aliphatic hydroxyl groups excluding tert-OH is 1. The lowest BCUT2D eigenvalue weighted by Gasteiger charge is -2.36. The van der Waals surface area contributed by atoms with Crippen LogP contribution < -0.4 is 0 Å². The summed E-state index contributed by atoms with van der Waals surface area (Å²) in [7, 11) is 0. The van der Waals surface area contributed by atoms with Gasteiger partial charge in [0.1, 0.15) is 0 Å². The van der Waals surface area contributed by atoms with Crippen molar-refractivity contribution in [3.8, 4) is 0 Å². The Kier molecular flexibility index (Phi) is 4.78. The van der Waals surface area contributed by atoms with Crippen molar-refractivity contribution in [2.45, 2.75) is 32.2 Å². The smallest absolute Gasteiger partial charge is 0.0917 e. The summed E-state index contributed by atoms with van der Waals surface area (Å²) in [6, 6.07) is 7.85. The molecule has 2 rings (SSSR count). The molecule has 0 aliphatic carbocycles. The Morgan fingerprint density at radius 3 is 2.67 bits per heavy atom. The van der Waals surface area contributed by atoms with Gasteiger partial charge < -0.3 is 9.84 Å². The zero-order valence-corrected chi connectivity index (χ0v) is 12.4. The number of benzene rings is 1. The highest BCUT2D eigenvalue weighted by Crippen LogP contribution is 2.20. The quantitative estimate of drug-likeness (QED) is 0.931. The van der Waals surface area contributed by atoms with E-state index in [0.29, 0.717) is 6.54 Å². The Morgan fingerprint density at radius 1 is 1.39 bits per heavy atom. The molecule has 3 atom stereocenters. The molecule has 0 aromatic heterocycles. The lowest BCUT2D eigenvalue weighted by atomic mass is 10.1. The van der Waals surface area contributed by atoms with E-state index in [2.05, 4.69) is 34.7 Å². The van der Waals surface area contributed by atoms with Crippen LogP contribution in [0.3, 0.4) is 0 Å². The van der Waals surface area contributed by atoms with E-state index in [0.717, 1.165) is 23.1 Å². The molecule has 3 unspecified atom stereocenters. The zero-order chi connectivity index (χ0) is 13.1. The number of ether oxygens (including phenoxy) is 1. The molecule has 0 spiro atoms. The number of hydrogen-bond donors (Lipinski definition) is 1. The van der Waals surface area contributed by atoms with E-state index < -0.39 is 6.10 Å². The molecule has 1 heterocycles. The highest BCUT2D eigenvalue weighted by atomic mass is 79.9. The van der Waals surface area contributed by atoms with E-state index in [-0.39, 0.29) is 12.2 Å². The number of hydrogen-bond acceptors (Lipinski definition) is 3. The maximum atomic E-state index is 10.3. The monoisotopic (exact) mass is 313 g/mol. The molecule has 0 saturated carbocycles. The third-order valence-corrected chi connectivity index (χ3v) is 3.65. The third-order valence-electron chi connectivity index (χ3n) is 3.16. The second kappa shape index (κ2) is 6.15. The topological polar surface area (TPSA) is 32.7 Å². The van der Waals surface area contributed by atoms with Gasteiger partial charge in [0.15, 0.2) is 0 Å². The Hall–Kier alpha value is -0.420. The molecular weight excluding hydrogens is 294 g/mol. The fourth-order valence-corrected chi connectivity index (χ4v) is 2.91. The van der Waals surface area contributed by atoms with E-state index in [4.69, 9.17) is 4.74 Å². The summed E-state index contributed by atoms with van der Waals surface area (Å²) in [4.78, 5) is 2.27. The first-order valence-electron chi connectivity index (χ1n) is 6.36. The van der Waals surface area contributed by atoms with E-state index in [1.54, 1.807) is 0 Å². The first kappa shape index (κ1) is 14.0. The van der Waals surface area contributed by atoms with Crippen LogP contribution in [0.2, 0.25) is 0 Å². The Bertz CT molecular complexity index is 389. The van der Waals surface area contributed by atoms with Gasteiger partial charge in [0, 0.05) is 24.1 Å². The van der Waals surface area contributed by atoms with Crippen LogP contribution in [-0.4, -0.2) is 41.8 Å². The average Bonchev–Trinajstić information content (AvgIpc) is 2.27. The minimum atomic E-state index is -0.444. The van der Waals surface area contributed by atoms with Gasteiger partial charge in [-0.05, 0) is 31.5 Å². The van der Waals surface area contributed by atoms with Gasteiger partial charge in [0.25, 0.3) is 0 Å². The molecule has 0 bridgehead atoms. The SMILES string of the molecule is CC1CN(CC(O)c2cccc(Br)c2)CC(C)O1. The van der Waals surface area contributed by atoms with E-state index in [1.165, 1.54) is 0 Å². The summed E-state index contributed by atoms with van der Waals surface area (Å²) in [5, 5.41) is 10.3. The summed E-state index contributed by atoms with van der Waals surface area (Å²) in [5.41, 5.74) is 0.955. The Labute approximate surface area is 117 Å². The lowest BCUT2D eigenvalue weighted by molar-refractivity contribution is -0.0767. The molecule has 1 aliphatic heterocycles. The predicted molar refractivity (Wildman–Crippen MR) is 75.6 cm³/mol. The molecule has 1 aromatic carbocycles. The predicted octanol–water partition coefficient (Wildman–Crippen LogP) is 2.59. The van der Waals surface area contributed by atoms with Crippen molar-refractivity contribution >= 4 is 15.9 Å². The molecule has 1 aliphatic rings. The van der Waals surface area contributed by atoms with Crippen molar-refractivity contribution in [3.05, 3.63) is 34.3 Å². The fourth-order valence-electron chi connectivity index (χ4n) is 2.50. The molecule has 1 fully saturated rings. The van der Waals surface area contributed by atoms with Crippen molar-refractivity contribution in [1.29, 1.82) is 0 Å². The summed E-state index contributed by atoms with van der Waals surface area (Å²) < 4.78 is 6.69. The summed E-state index contributed by atoms with van der Waals surface area (Å²) in [5.74, 6) is 0. The van der Waals surface area contributed by atoms with Crippen molar-refractivity contribution in [2.24, 2.45) is 0 Å². The highest BCUT2D eigenvalue weighted by molar-refractivity contribution is 9.10. The van der Waals surface area contributed by atoms with Gasteiger partial charge in [0.2, 0.25) is 0 Å². The van der Waals surface area contributed by atoms with Gasteiger partial charge in [-0.3, -0.25) is 4.90 Å². The number of halogens is 1. The number of nitrogens with zero attached hydrogens (tertiary/aromatic N) is 1. The average molecular weight is 314 g/mol. The molecule has 0 amide bonds. The van der Waals surface area contributed by atoms with Crippen LogP contribution >= 0.6 is 15.9 Å². The standard InChI is InChI=1S/C14H20BrNO2/c1-10-7-16(8-11(2)18-10)9-14(17)12-4-3-5-13(15)6-12/h3-6,10-11,14,17H,7-9H2,1-2H3. The molecule has 1 aromatic rings. The van der Waals surface area contributed by atoms with Crippen LogP contribution in [0.5, 0.6) is 0 Å². The van der Waals surface area contributed by atoms with Crippen molar-refractivity contribution < 1.29 is 9.84 Å². The maximum absolute atomic E-state index is 10.3. The first-order chi connectivity index (χ1) is 8.54. The molecule has 3 nitrogen and oxygen atoms in total. The fraction of sp³-hybridized carbons (Fsp3) is 0.571. The Morgan fingerprint density at radius 2 is 2.06 bits per heavy atom. The second-order valence-corrected chi connectivity index (χ2v) is 5.96. The van der Waals surface area contributed by atoms with Gasteiger partial charge in [-0.25, -0.2) is 0 Å². The van der Waals surface area contributed by atoms with Gasteiger partial charge in [-0.1, -0.05) is 28.1 Å². The number of β-amino-alcohol motifs (C(OH)–C–C–N with tert-alkyl or cyclic N) is 1. The van der Waals surface area contributed by atoms with Crippen molar-refractivity contribution in [2.75, 3.05) is 19.6 Å². The van der Waals surface area contributed by atoms with Crippen molar-refractivity contribution in [1.82, 2.24) is 4.90 Å². The molecule has 1 N–H and O–H groups in total. The van der Waals surface area contributed by atoms with Crippen molar-refractivity contribution in [3.63, 3.8) is 0 Å². The van der Waals surface area contributed by atoms with Crippen LogP contribution in [0.4, 0.5) is 0 Å². The zero-order valence-electron chi connectivity index (χ0n) is 10.8. The molecule has 18 heavy (non-hydrogen) atoms. The normalized spacial score (nSPS) is 27.1. The van der Waals surface area contributed by atoms with E-state index in [1.807, 2.05) is 24.3 Å². The number of morpholine rings is 1. The van der Waals surface area contributed by atoms with Crippen LogP contribution in [0.15, 0.2) is 28.7 Å². The summed E-state index contributed by atoms with van der Waals surface area (Å²) >= 11 is 3.43. The molecule has 1 saturated heterocycles. The van der Waals surface area contributed by atoms with Gasteiger partial charge >= 0.3 is 0 Å². The van der Waals surface area contributed by atoms with E-state index >= 15 is 0 Å². The van der Waals surface area contributed by atoms with Crippen LogP contribution in [0, 0.1) is 0 Å². The number of rotatable bonds is 3. The van der Waals surface area contributed by atoms with Gasteiger partial charge in [0.05, 0.1) is 18.3 Å². The van der Waals surface area contributed by atoms with Crippen LogP contribution in [0.25, 0.3) is 0 Å². The van der Waals surface area contributed by atoms with E-state index in [9.17, 15) is 5.11 Å². The second-order valence-electron chi connectivity index (χ2n) is 5.05. The highest BCUT2D eigenvalue weighted by Gasteiger charge is 2.24. The summed E-state index contributed by atoms with van der Waals surface area (Å²) in [6.45, 7) is 6.58.